The molecule has 2 aliphatic rings. The van der Waals surface area contributed by atoms with Crippen molar-refractivity contribution in [1.29, 1.82) is 0 Å². The summed E-state index contributed by atoms with van der Waals surface area (Å²) in [6.07, 6.45) is 4.62. The van der Waals surface area contributed by atoms with Crippen molar-refractivity contribution in [3.8, 4) is 0 Å². The first-order valence-electron chi connectivity index (χ1n) is 9.78. The number of ether oxygens (including phenoxy) is 1. The van der Waals surface area contributed by atoms with Crippen LogP contribution in [0.5, 0.6) is 0 Å². The highest BCUT2D eigenvalue weighted by Gasteiger charge is 2.31. The largest absolute Gasteiger partial charge is 0.379 e. The molecule has 2 heterocycles. The highest BCUT2D eigenvalue weighted by atomic mass is 35.5. The van der Waals surface area contributed by atoms with Gasteiger partial charge in [0.1, 0.15) is 10.6 Å². The summed E-state index contributed by atoms with van der Waals surface area (Å²) in [5.41, 5.74) is 1.23. The summed E-state index contributed by atoms with van der Waals surface area (Å²) in [4.78, 5) is 15.8. The summed E-state index contributed by atoms with van der Waals surface area (Å²) in [6.45, 7) is 1.38. The van der Waals surface area contributed by atoms with Crippen molar-refractivity contribution >= 4 is 27.5 Å². The smallest absolute Gasteiger partial charge is 0.268 e. The molecular formula is C20H24ClN3O4S. The molecule has 7 nitrogen and oxygen atoms in total. The average molecular weight is 438 g/mol. The highest BCUT2D eigenvalue weighted by Crippen LogP contribution is 2.38. The monoisotopic (exact) mass is 437 g/mol. The third kappa shape index (κ3) is 4.35. The van der Waals surface area contributed by atoms with Gasteiger partial charge in [0.2, 0.25) is 10.0 Å². The number of carbonyl (C=O) groups excluding carboxylic acids is 1. The van der Waals surface area contributed by atoms with E-state index in [0.29, 0.717) is 37.2 Å². The molecule has 1 amide bonds. The Morgan fingerprint density at radius 2 is 1.90 bits per heavy atom. The highest BCUT2D eigenvalue weighted by molar-refractivity contribution is 7.89. The zero-order valence-corrected chi connectivity index (χ0v) is 17.5. The van der Waals surface area contributed by atoms with Gasteiger partial charge in [-0.2, -0.15) is 4.31 Å². The molecule has 2 aromatic rings. The first-order valence-corrected chi connectivity index (χ1v) is 11.6. The zero-order valence-electron chi connectivity index (χ0n) is 15.9. The fourth-order valence-electron chi connectivity index (χ4n) is 3.73. The molecule has 1 saturated heterocycles. The van der Waals surface area contributed by atoms with Gasteiger partial charge >= 0.3 is 0 Å². The van der Waals surface area contributed by atoms with Crippen LogP contribution in [-0.2, 0) is 14.8 Å². The van der Waals surface area contributed by atoms with Crippen molar-refractivity contribution in [2.24, 2.45) is 5.92 Å². The van der Waals surface area contributed by atoms with Gasteiger partial charge in [0.05, 0.1) is 19.3 Å². The summed E-state index contributed by atoms with van der Waals surface area (Å²) in [7, 11) is -3.64. The van der Waals surface area contributed by atoms with E-state index in [-0.39, 0.29) is 22.5 Å². The fourth-order valence-corrected chi connectivity index (χ4v) is 5.25. The van der Waals surface area contributed by atoms with Crippen LogP contribution in [0.1, 0.15) is 41.4 Å². The Bertz CT molecular complexity index is 964. The number of benzene rings is 1. The molecule has 1 aromatic carbocycles. The molecule has 4 rings (SSSR count). The van der Waals surface area contributed by atoms with Crippen LogP contribution in [0, 0.1) is 5.92 Å². The molecule has 29 heavy (non-hydrogen) atoms. The molecule has 1 atom stereocenters. The van der Waals surface area contributed by atoms with Crippen molar-refractivity contribution in [3.63, 3.8) is 0 Å². The van der Waals surface area contributed by atoms with Crippen molar-refractivity contribution < 1.29 is 17.9 Å². The number of hydrogen-bond donors (Lipinski definition) is 2. The third-order valence-corrected chi connectivity index (χ3v) is 7.77. The van der Waals surface area contributed by atoms with Crippen molar-refractivity contribution in [2.75, 3.05) is 26.3 Å². The van der Waals surface area contributed by atoms with Crippen molar-refractivity contribution in [3.05, 3.63) is 52.8 Å². The van der Waals surface area contributed by atoms with Gasteiger partial charge in [-0.15, -0.1) is 0 Å². The van der Waals surface area contributed by atoms with E-state index in [9.17, 15) is 13.2 Å². The lowest BCUT2D eigenvalue weighted by molar-refractivity contribution is 0.0730. The van der Waals surface area contributed by atoms with E-state index < -0.39 is 10.0 Å². The van der Waals surface area contributed by atoms with Crippen molar-refractivity contribution in [1.82, 2.24) is 14.6 Å². The van der Waals surface area contributed by atoms with Gasteiger partial charge in [0.25, 0.3) is 5.91 Å². The van der Waals surface area contributed by atoms with E-state index in [4.69, 9.17) is 16.3 Å². The Morgan fingerprint density at radius 1 is 1.21 bits per heavy atom. The summed E-state index contributed by atoms with van der Waals surface area (Å²) >= 11 is 5.99. The minimum Gasteiger partial charge on any atom is -0.379 e. The van der Waals surface area contributed by atoms with Gasteiger partial charge in [0, 0.05) is 24.3 Å². The van der Waals surface area contributed by atoms with Gasteiger partial charge in [0.15, 0.2) is 0 Å². The topological polar surface area (TPSA) is 91.5 Å². The van der Waals surface area contributed by atoms with Crippen LogP contribution in [-0.4, -0.2) is 49.9 Å². The van der Waals surface area contributed by atoms with Gasteiger partial charge in [-0.05, 0) is 42.5 Å². The van der Waals surface area contributed by atoms with E-state index in [1.165, 1.54) is 16.6 Å². The summed E-state index contributed by atoms with van der Waals surface area (Å²) in [5, 5.41) is 3.72. The zero-order chi connectivity index (χ0) is 20.4. The first kappa shape index (κ1) is 20.4. The maximum Gasteiger partial charge on any atom is 0.268 e. The number of aromatic amines is 1. The second-order valence-corrected chi connectivity index (χ2v) is 9.83. The number of nitrogens with zero attached hydrogens (tertiary/aromatic N) is 1. The minimum atomic E-state index is -3.64. The average Bonchev–Trinajstić information content (AvgIpc) is 3.19. The predicted molar refractivity (Wildman–Crippen MR) is 109 cm³/mol. The van der Waals surface area contributed by atoms with Crippen LogP contribution < -0.4 is 5.32 Å². The number of amides is 1. The number of nitrogens with one attached hydrogen (secondary N) is 2. The number of morpholine rings is 1. The van der Waals surface area contributed by atoms with Crippen LogP contribution in [0.25, 0.3) is 0 Å². The summed E-state index contributed by atoms with van der Waals surface area (Å²) in [6, 6.07) is 8.76. The molecule has 156 valence electrons. The van der Waals surface area contributed by atoms with Gasteiger partial charge in [-0.25, -0.2) is 8.42 Å². The number of aromatic nitrogens is 1. The SMILES string of the molecule is O=C(NC(c1ccc(Cl)cc1)C1CCC1)c1cc(S(=O)(=O)N2CCOCC2)c[nH]1. The standard InChI is InChI=1S/C20H24ClN3O4S/c21-16-6-4-15(5-7-16)19(14-2-1-3-14)23-20(25)18-12-17(13-22-18)29(26,27)24-8-10-28-11-9-24/h4-7,12-14,19,22H,1-3,8-11H2,(H,23,25). The van der Waals surface area contributed by atoms with Gasteiger partial charge in [-0.1, -0.05) is 30.2 Å². The molecule has 2 fully saturated rings. The molecule has 1 unspecified atom stereocenters. The fraction of sp³-hybridized carbons (Fsp3) is 0.450. The predicted octanol–water partition coefficient (Wildman–Crippen LogP) is 2.96. The second-order valence-electron chi connectivity index (χ2n) is 7.46. The normalized spacial score (nSPS) is 19.5. The van der Waals surface area contributed by atoms with E-state index in [1.807, 2.05) is 24.3 Å². The van der Waals surface area contributed by atoms with Crippen LogP contribution in [0.3, 0.4) is 0 Å². The lowest BCUT2D eigenvalue weighted by Gasteiger charge is -2.34. The van der Waals surface area contributed by atoms with E-state index in [1.54, 1.807) is 0 Å². The first-order chi connectivity index (χ1) is 13.9. The summed E-state index contributed by atoms with van der Waals surface area (Å²) < 4.78 is 32.1. The Balaban J connectivity index is 1.51. The minimum absolute atomic E-state index is 0.0937. The Morgan fingerprint density at radius 3 is 2.52 bits per heavy atom. The lowest BCUT2D eigenvalue weighted by Crippen LogP contribution is -2.40. The second kappa shape index (κ2) is 8.47. The molecule has 9 heteroatoms. The molecule has 0 radical (unpaired) electrons. The quantitative estimate of drug-likeness (QED) is 0.726. The van der Waals surface area contributed by atoms with Crippen molar-refractivity contribution in [2.45, 2.75) is 30.2 Å². The molecule has 0 spiro atoms. The molecule has 1 aromatic heterocycles. The van der Waals surface area contributed by atoms with Gasteiger partial charge < -0.3 is 15.0 Å². The Hall–Kier alpha value is -1.87. The summed E-state index contributed by atoms with van der Waals surface area (Å²) in [5.74, 6) is 0.0481. The number of rotatable bonds is 6. The van der Waals surface area contributed by atoms with E-state index in [0.717, 1.165) is 24.8 Å². The lowest BCUT2D eigenvalue weighted by atomic mass is 9.77. The molecule has 1 aliphatic carbocycles. The van der Waals surface area contributed by atoms with Crippen LogP contribution >= 0.6 is 11.6 Å². The van der Waals surface area contributed by atoms with Crippen LogP contribution in [0.4, 0.5) is 0 Å². The van der Waals surface area contributed by atoms with Crippen LogP contribution in [0.15, 0.2) is 41.4 Å². The Kier molecular flexibility index (Phi) is 5.96. The molecule has 2 N–H and O–H groups in total. The maximum atomic E-state index is 12.9. The number of halogens is 1. The number of hydrogen-bond acceptors (Lipinski definition) is 4. The molecular weight excluding hydrogens is 414 g/mol. The molecule has 0 bridgehead atoms. The van der Waals surface area contributed by atoms with Gasteiger partial charge in [-0.3, -0.25) is 4.79 Å². The maximum absolute atomic E-state index is 12.9. The van der Waals surface area contributed by atoms with E-state index >= 15 is 0 Å². The number of H-pyrrole nitrogens is 1. The third-order valence-electron chi connectivity index (χ3n) is 5.65. The van der Waals surface area contributed by atoms with E-state index in [2.05, 4.69) is 10.3 Å². The number of sulfonamides is 1. The molecule has 1 aliphatic heterocycles. The Labute approximate surface area is 175 Å². The molecule has 1 saturated carbocycles. The number of carbonyl (C=O) groups is 1. The van der Waals surface area contributed by atoms with Crippen LogP contribution in [0.2, 0.25) is 5.02 Å².